The van der Waals surface area contributed by atoms with E-state index in [0.29, 0.717) is 18.2 Å². The van der Waals surface area contributed by atoms with E-state index in [1.165, 1.54) is 154 Å². The summed E-state index contributed by atoms with van der Waals surface area (Å²) in [6.07, 6.45) is 53.8. The van der Waals surface area contributed by atoms with Gasteiger partial charge in [-0.05, 0) is 106 Å². The van der Waals surface area contributed by atoms with Crippen LogP contribution in [0.4, 0.5) is 0 Å². The van der Waals surface area contributed by atoms with Crippen LogP contribution in [0.5, 0.6) is 0 Å². The van der Waals surface area contributed by atoms with Crippen molar-refractivity contribution >= 4 is 43.8 Å². The van der Waals surface area contributed by atoms with Crippen LogP contribution in [-0.2, 0) is 10.1 Å². The lowest BCUT2D eigenvalue weighted by molar-refractivity contribution is -0.255. The van der Waals surface area contributed by atoms with Gasteiger partial charge in [-0.25, -0.2) is 8.42 Å². The van der Waals surface area contributed by atoms with Crippen LogP contribution in [0.15, 0.2) is 23.1 Å². The summed E-state index contributed by atoms with van der Waals surface area (Å²) in [6.45, 7) is 28.3. The molecule has 0 aliphatic carbocycles. The van der Waals surface area contributed by atoms with Gasteiger partial charge >= 0.3 is 0 Å². The lowest BCUT2D eigenvalue weighted by atomic mass is 10.1. The van der Waals surface area contributed by atoms with E-state index in [-0.39, 0.29) is 0 Å². The summed E-state index contributed by atoms with van der Waals surface area (Å²) in [5, 5.41) is 20.9. The Kier molecular flexibility index (Phi) is 47.7. The molecule has 11 heteroatoms. The molecule has 0 aliphatic heterocycles. The molecule has 7 nitrogen and oxygen atoms in total. The summed E-state index contributed by atoms with van der Waals surface area (Å²) >= 11 is 0. The van der Waals surface area contributed by atoms with E-state index in [2.05, 4.69) is 83.1 Å². The molecule has 0 radical (unpaired) electrons. The van der Waals surface area contributed by atoms with Crippen LogP contribution < -0.4 is 10.2 Å². The molecule has 1 aromatic carbocycles. The summed E-state index contributed by atoms with van der Waals surface area (Å²) < 4.78 is 31.8. The van der Waals surface area contributed by atoms with Gasteiger partial charge in [-0.2, -0.15) is 0 Å². The number of hydrogen-bond donors (Lipinski definition) is 0. The number of aromatic carboxylic acids is 2. The zero-order valence-electron chi connectivity index (χ0n) is 46.3. The van der Waals surface area contributed by atoms with Crippen LogP contribution in [-0.4, -0.2) is 98.9 Å². The van der Waals surface area contributed by atoms with Gasteiger partial charge in [-0.15, -0.1) is 0 Å². The summed E-state index contributed by atoms with van der Waals surface area (Å²) in [4.78, 5) is 19.9. The topological polar surface area (TPSA) is 137 Å². The number of unbranched alkanes of at least 4 members (excludes halogenated alkanes) is 12. The predicted octanol–water partition coefficient (Wildman–Crippen LogP) is 15.9. The average molecular weight is 1020 g/mol. The monoisotopic (exact) mass is 1020 g/mol. The molecule has 0 spiro atoms. The highest BCUT2D eigenvalue weighted by Gasteiger charge is 2.36. The van der Waals surface area contributed by atoms with Gasteiger partial charge in [0.25, 0.3) is 0 Å². The van der Waals surface area contributed by atoms with Gasteiger partial charge in [0.2, 0.25) is 0 Å². The fourth-order valence-electron chi connectivity index (χ4n) is 8.91. The van der Waals surface area contributed by atoms with Crippen molar-refractivity contribution in [2.24, 2.45) is 0 Å². The Labute approximate surface area is 419 Å². The first kappa shape index (κ1) is 70.6. The maximum absolute atomic E-state index is 10.6. The van der Waals surface area contributed by atoms with Gasteiger partial charge in [0.05, 0.1) is 90.8 Å². The lowest BCUT2D eigenvalue weighted by Crippen LogP contribution is -2.26. The van der Waals surface area contributed by atoms with Crippen molar-refractivity contribution in [3.8, 4) is 0 Å². The van der Waals surface area contributed by atoms with Crippen molar-refractivity contribution < 1.29 is 32.8 Å². The standard InChI is InChI=1S/3C16H36P.C8H6O7S/c3*1-5-9-13-17(14-10-6-2,15-11-7-3)16-12-8-4;9-7(10)4-1-5(8(11)12)3-6(2-4)16(13,14)15/h3*5-16H2,1-4H3;1-3H,(H,9,10)(H,11,12)(H,13,14,15)/q3*+1;/p-3. The number of rotatable bonds is 39. The molecule has 1 rings (SSSR count). The smallest absolute Gasteiger partial charge is 0.124 e. The van der Waals surface area contributed by atoms with E-state index in [0.717, 1.165) is 0 Å². The molecule has 398 valence electrons. The van der Waals surface area contributed by atoms with Gasteiger partial charge in [0.15, 0.2) is 0 Å². The molecule has 0 bridgehead atoms. The van der Waals surface area contributed by atoms with Gasteiger partial charge in [0, 0.05) is 21.8 Å². The van der Waals surface area contributed by atoms with E-state index in [4.69, 9.17) is 0 Å². The van der Waals surface area contributed by atoms with Crippen molar-refractivity contribution in [2.75, 3.05) is 73.9 Å². The first-order valence-electron chi connectivity index (χ1n) is 28.0. The molecule has 0 saturated carbocycles. The Morgan fingerprint density at radius 1 is 0.343 bits per heavy atom. The molecule has 0 saturated heterocycles. The summed E-state index contributed by atoms with van der Waals surface area (Å²) in [7, 11) is -6.63. The third kappa shape index (κ3) is 36.0. The summed E-state index contributed by atoms with van der Waals surface area (Å²) in [5.41, 5.74) is -1.45. The first-order chi connectivity index (χ1) is 31.9. The van der Waals surface area contributed by atoms with Crippen molar-refractivity contribution in [3.05, 3.63) is 29.3 Å². The Hall–Kier alpha value is -0.640. The largest absolute Gasteiger partial charge is 0.744 e. The zero-order valence-corrected chi connectivity index (χ0v) is 49.8. The fraction of sp³-hybridized carbons (Fsp3) is 0.857. The molecule has 0 amide bonds. The Morgan fingerprint density at radius 3 is 0.597 bits per heavy atom. The minimum absolute atomic E-state index is 0.518. The minimum Gasteiger partial charge on any atom is -0.744 e. The van der Waals surface area contributed by atoms with Crippen molar-refractivity contribution in [2.45, 2.75) is 242 Å². The lowest BCUT2D eigenvalue weighted by Gasteiger charge is -2.28. The van der Waals surface area contributed by atoms with Crippen molar-refractivity contribution in [1.29, 1.82) is 0 Å². The predicted molar refractivity (Wildman–Crippen MR) is 301 cm³/mol. The highest BCUT2D eigenvalue weighted by atomic mass is 32.2. The van der Waals surface area contributed by atoms with E-state index >= 15 is 0 Å². The molecule has 0 heterocycles. The molecule has 0 aromatic heterocycles. The van der Waals surface area contributed by atoms with Crippen LogP contribution in [0, 0.1) is 0 Å². The van der Waals surface area contributed by atoms with Gasteiger partial charge in [0.1, 0.15) is 10.1 Å². The quantitative estimate of drug-likeness (QED) is 0.0473. The molecule has 1 aromatic rings. The van der Waals surface area contributed by atoms with Gasteiger partial charge < -0.3 is 24.4 Å². The highest BCUT2D eigenvalue weighted by molar-refractivity contribution is 7.85. The minimum atomic E-state index is -4.95. The van der Waals surface area contributed by atoms with Crippen LogP contribution >= 0.6 is 21.8 Å². The fourth-order valence-corrected chi connectivity index (χ4v) is 25.3. The van der Waals surface area contributed by atoms with Crippen LogP contribution in [0.3, 0.4) is 0 Å². The normalized spacial score (nSPS) is 11.8. The van der Waals surface area contributed by atoms with Crippen molar-refractivity contribution in [3.63, 3.8) is 0 Å². The van der Waals surface area contributed by atoms with E-state index in [9.17, 15) is 32.8 Å². The molecule has 0 N–H and O–H groups in total. The zero-order chi connectivity index (χ0) is 51.5. The highest BCUT2D eigenvalue weighted by Crippen LogP contribution is 2.63. The number of carboxylic acid groups (broad SMARTS) is 2. The number of carbonyl (C=O) groups is 2. The summed E-state index contributed by atoms with van der Waals surface area (Å²) in [6, 6.07) is 1.67. The third-order valence-corrected chi connectivity index (χ3v) is 29.5. The molecule has 0 fully saturated rings. The average Bonchev–Trinajstić information content (AvgIpc) is 3.32. The Balaban J connectivity index is -0.000000815. The SMILES string of the molecule is CCCC[P+](CCCC)(CCCC)CCCC.CCCC[P+](CCCC)(CCCC)CCCC.CCCC[P+](CCCC)(CCCC)CCCC.O=C([O-])c1cc(C(=O)[O-])cc(S(=O)(=O)[O-])c1. The van der Waals surface area contributed by atoms with Crippen LogP contribution in [0.2, 0.25) is 0 Å². The maximum Gasteiger partial charge on any atom is 0.124 e. The van der Waals surface area contributed by atoms with E-state index in [1.807, 2.05) is 0 Å². The molecule has 0 atom stereocenters. The van der Waals surface area contributed by atoms with E-state index in [1.54, 1.807) is 73.9 Å². The second-order valence-corrected chi connectivity index (χ2v) is 34.5. The molecular weight excluding hydrogens is 910 g/mol. The van der Waals surface area contributed by atoms with Crippen LogP contribution in [0.25, 0.3) is 0 Å². The second-order valence-electron chi connectivity index (χ2n) is 19.7. The Bertz CT molecular complexity index is 1190. The first-order valence-corrected chi connectivity index (χ1v) is 37.0. The van der Waals surface area contributed by atoms with Crippen molar-refractivity contribution in [1.82, 2.24) is 0 Å². The number of benzene rings is 1. The van der Waals surface area contributed by atoms with Crippen LogP contribution in [0.1, 0.15) is 258 Å². The van der Waals surface area contributed by atoms with Gasteiger partial charge in [-0.3, -0.25) is 0 Å². The third-order valence-electron chi connectivity index (χ3n) is 13.5. The van der Waals surface area contributed by atoms with Gasteiger partial charge in [-0.1, -0.05) is 160 Å². The second kappa shape index (κ2) is 45.2. The molecule has 0 aliphatic rings. The summed E-state index contributed by atoms with van der Waals surface area (Å²) in [5.74, 6) is -3.60. The number of carbonyl (C=O) groups excluding carboxylic acids is 2. The molecular formula is C56H111O7P3S. The molecule has 0 unspecified atom stereocenters. The maximum atomic E-state index is 10.6. The Morgan fingerprint density at radius 2 is 0.493 bits per heavy atom. The van der Waals surface area contributed by atoms with E-state index < -0.39 is 59.9 Å². The molecule has 67 heavy (non-hydrogen) atoms. The number of carboxylic acids is 2. The number of hydrogen-bond acceptors (Lipinski definition) is 7.